The molecule has 1 aliphatic heterocycles. The van der Waals surface area contributed by atoms with Gasteiger partial charge in [-0.3, -0.25) is 0 Å². The Morgan fingerprint density at radius 1 is 1.33 bits per heavy atom. The molecule has 0 radical (unpaired) electrons. The van der Waals surface area contributed by atoms with Gasteiger partial charge in [0.2, 0.25) is 0 Å². The van der Waals surface area contributed by atoms with Crippen molar-refractivity contribution in [1.29, 1.82) is 5.26 Å². The minimum absolute atomic E-state index is 0.0891. The summed E-state index contributed by atoms with van der Waals surface area (Å²) in [6.07, 6.45) is 5.12. The summed E-state index contributed by atoms with van der Waals surface area (Å²) in [5.74, 6) is 1.22. The summed E-state index contributed by atoms with van der Waals surface area (Å²) >= 11 is 0. The van der Waals surface area contributed by atoms with Crippen molar-refractivity contribution in [3.8, 4) is 6.07 Å². The van der Waals surface area contributed by atoms with E-state index < -0.39 is 0 Å². The van der Waals surface area contributed by atoms with Crippen LogP contribution in [0.3, 0.4) is 0 Å². The lowest BCUT2D eigenvalue weighted by molar-refractivity contribution is 0.169. The second kappa shape index (κ2) is 5.35. The van der Waals surface area contributed by atoms with Crippen LogP contribution in [0, 0.1) is 22.7 Å². The molecule has 2 aliphatic rings. The fraction of sp³-hybridized carbons (Fsp3) is 0.611. The van der Waals surface area contributed by atoms with E-state index in [1.807, 2.05) is 6.07 Å². The second-order valence-electron chi connectivity index (χ2n) is 7.28. The molecule has 1 aromatic rings. The number of anilines is 1. The molecule has 0 aromatic heterocycles. The maximum absolute atomic E-state index is 9.17. The number of nitrogens with zero attached hydrogens (tertiary/aromatic N) is 1. The van der Waals surface area contributed by atoms with Gasteiger partial charge in [-0.15, -0.1) is 0 Å². The van der Waals surface area contributed by atoms with Crippen LogP contribution < -0.4 is 11.1 Å². The van der Waals surface area contributed by atoms with Crippen molar-refractivity contribution in [2.45, 2.75) is 51.5 Å². The molecule has 3 N–H and O–H groups in total. The molecule has 21 heavy (non-hydrogen) atoms. The van der Waals surface area contributed by atoms with Gasteiger partial charge in [0.25, 0.3) is 0 Å². The average Bonchev–Trinajstić information content (AvgIpc) is 2.53. The molecule has 0 saturated heterocycles. The van der Waals surface area contributed by atoms with Crippen molar-refractivity contribution >= 4 is 5.69 Å². The molecular weight excluding hydrogens is 258 g/mol. The van der Waals surface area contributed by atoms with Gasteiger partial charge in [-0.2, -0.15) is 5.26 Å². The molecule has 1 heterocycles. The highest BCUT2D eigenvalue weighted by molar-refractivity contribution is 5.59. The van der Waals surface area contributed by atoms with Gasteiger partial charge in [0.05, 0.1) is 11.6 Å². The van der Waals surface area contributed by atoms with E-state index in [0.717, 1.165) is 5.56 Å². The first-order chi connectivity index (χ1) is 10.1. The molecule has 3 nitrogen and oxygen atoms in total. The zero-order valence-corrected chi connectivity index (χ0v) is 13.0. The SMILES string of the molecule is CC(C)(CN)C1Nc2ccc(C#N)cc2C2CCCCC21. The van der Waals surface area contributed by atoms with E-state index in [0.29, 0.717) is 24.4 Å². The van der Waals surface area contributed by atoms with E-state index in [2.05, 4.69) is 37.4 Å². The number of benzene rings is 1. The molecule has 112 valence electrons. The third-order valence-corrected chi connectivity index (χ3v) is 5.51. The molecule has 1 fully saturated rings. The Balaban J connectivity index is 2.04. The number of hydrogen-bond acceptors (Lipinski definition) is 3. The predicted molar refractivity (Wildman–Crippen MR) is 86.1 cm³/mol. The summed E-state index contributed by atoms with van der Waals surface area (Å²) in [4.78, 5) is 0. The lowest BCUT2D eigenvalue weighted by atomic mass is 9.63. The second-order valence-corrected chi connectivity index (χ2v) is 7.28. The fourth-order valence-electron chi connectivity index (χ4n) is 4.19. The van der Waals surface area contributed by atoms with Crippen molar-refractivity contribution in [2.24, 2.45) is 17.1 Å². The maximum atomic E-state index is 9.17. The molecule has 0 amide bonds. The van der Waals surface area contributed by atoms with Gasteiger partial charge in [0, 0.05) is 11.7 Å². The largest absolute Gasteiger partial charge is 0.381 e. The third kappa shape index (κ3) is 2.42. The molecule has 1 aromatic carbocycles. The van der Waals surface area contributed by atoms with Gasteiger partial charge < -0.3 is 11.1 Å². The van der Waals surface area contributed by atoms with Crippen molar-refractivity contribution in [3.63, 3.8) is 0 Å². The number of hydrogen-bond donors (Lipinski definition) is 2. The molecule has 1 saturated carbocycles. The first-order valence-corrected chi connectivity index (χ1v) is 8.07. The van der Waals surface area contributed by atoms with Gasteiger partial charge >= 0.3 is 0 Å². The van der Waals surface area contributed by atoms with E-state index in [1.54, 1.807) is 0 Å². The maximum Gasteiger partial charge on any atom is 0.0991 e. The first kappa shape index (κ1) is 14.4. The lowest BCUT2D eigenvalue weighted by Gasteiger charge is -2.49. The van der Waals surface area contributed by atoms with E-state index in [1.165, 1.54) is 36.9 Å². The summed E-state index contributed by atoms with van der Waals surface area (Å²) in [5.41, 5.74) is 9.47. The molecular formula is C18H25N3. The van der Waals surface area contributed by atoms with Gasteiger partial charge in [0.1, 0.15) is 0 Å². The van der Waals surface area contributed by atoms with Crippen LogP contribution in [0.4, 0.5) is 5.69 Å². The normalized spacial score (nSPS) is 28.0. The highest BCUT2D eigenvalue weighted by Gasteiger charge is 2.44. The zero-order chi connectivity index (χ0) is 15.0. The van der Waals surface area contributed by atoms with Crippen molar-refractivity contribution in [1.82, 2.24) is 0 Å². The van der Waals surface area contributed by atoms with Gasteiger partial charge in [0.15, 0.2) is 0 Å². The minimum Gasteiger partial charge on any atom is -0.381 e. The van der Waals surface area contributed by atoms with Crippen molar-refractivity contribution in [3.05, 3.63) is 29.3 Å². The molecule has 0 spiro atoms. The van der Waals surface area contributed by atoms with E-state index >= 15 is 0 Å². The smallest absolute Gasteiger partial charge is 0.0991 e. The Morgan fingerprint density at radius 3 is 2.81 bits per heavy atom. The van der Waals surface area contributed by atoms with Crippen LogP contribution in [-0.4, -0.2) is 12.6 Å². The van der Waals surface area contributed by atoms with E-state index in [-0.39, 0.29) is 5.41 Å². The molecule has 1 aliphatic carbocycles. The van der Waals surface area contributed by atoms with Crippen LogP contribution in [-0.2, 0) is 0 Å². The molecule has 3 atom stereocenters. The Morgan fingerprint density at radius 2 is 2.10 bits per heavy atom. The fourth-order valence-corrected chi connectivity index (χ4v) is 4.19. The minimum atomic E-state index is 0.0891. The topological polar surface area (TPSA) is 61.8 Å². The van der Waals surface area contributed by atoms with Crippen LogP contribution in [0.5, 0.6) is 0 Å². The van der Waals surface area contributed by atoms with Gasteiger partial charge in [-0.05, 0) is 60.4 Å². The molecule has 3 heteroatoms. The Hall–Kier alpha value is -1.53. The zero-order valence-electron chi connectivity index (χ0n) is 13.0. The van der Waals surface area contributed by atoms with E-state index in [9.17, 15) is 0 Å². The first-order valence-electron chi connectivity index (χ1n) is 8.07. The average molecular weight is 283 g/mol. The Bertz CT molecular complexity index is 570. The monoisotopic (exact) mass is 283 g/mol. The van der Waals surface area contributed by atoms with Crippen molar-refractivity contribution < 1.29 is 0 Å². The number of nitriles is 1. The summed E-state index contributed by atoms with van der Waals surface area (Å²) in [5, 5.41) is 12.9. The third-order valence-electron chi connectivity index (χ3n) is 5.51. The van der Waals surface area contributed by atoms with Gasteiger partial charge in [-0.1, -0.05) is 26.7 Å². The molecule has 3 unspecified atom stereocenters. The van der Waals surface area contributed by atoms with E-state index in [4.69, 9.17) is 11.0 Å². The number of fused-ring (bicyclic) bond motifs is 3. The van der Waals surface area contributed by atoms with Crippen molar-refractivity contribution in [2.75, 3.05) is 11.9 Å². The highest BCUT2D eigenvalue weighted by atomic mass is 15.0. The van der Waals surface area contributed by atoms with Crippen LogP contribution in [0.1, 0.15) is 56.6 Å². The summed E-state index contributed by atoms with van der Waals surface area (Å²) in [6, 6.07) is 8.80. The number of nitrogens with one attached hydrogen (secondary N) is 1. The molecule has 0 bridgehead atoms. The van der Waals surface area contributed by atoms with Crippen LogP contribution in [0.25, 0.3) is 0 Å². The summed E-state index contributed by atoms with van der Waals surface area (Å²) in [7, 11) is 0. The van der Waals surface area contributed by atoms with Gasteiger partial charge in [-0.25, -0.2) is 0 Å². The standard InChI is InChI=1S/C18H25N3/c1-18(2,11-20)17-14-6-4-3-5-13(14)15-9-12(10-19)7-8-16(15)21-17/h7-9,13-14,17,21H,3-6,11,20H2,1-2H3. The van der Waals surface area contributed by atoms with Crippen LogP contribution >= 0.6 is 0 Å². The predicted octanol–water partition coefficient (Wildman–Crippen LogP) is 3.61. The quantitative estimate of drug-likeness (QED) is 0.871. The Labute approximate surface area is 127 Å². The lowest BCUT2D eigenvalue weighted by Crippen LogP contribution is -2.51. The summed E-state index contributed by atoms with van der Waals surface area (Å²) in [6.45, 7) is 5.23. The summed E-state index contributed by atoms with van der Waals surface area (Å²) < 4.78 is 0. The van der Waals surface area contributed by atoms with Crippen LogP contribution in [0.15, 0.2) is 18.2 Å². The molecule has 3 rings (SSSR count). The number of nitrogens with two attached hydrogens (primary N) is 1. The highest BCUT2D eigenvalue weighted by Crippen LogP contribution is 2.50. The number of rotatable bonds is 2. The van der Waals surface area contributed by atoms with Crippen LogP contribution in [0.2, 0.25) is 0 Å². The Kier molecular flexibility index (Phi) is 3.67.